The molecular weight excluding hydrogens is 843 g/mol. The third-order valence-corrected chi connectivity index (χ3v) is 11.9. The molecule has 4 heterocycles. The number of ether oxygens (including phenoxy) is 4. The second-order valence-corrected chi connectivity index (χ2v) is 16.0. The van der Waals surface area contributed by atoms with E-state index in [0.29, 0.717) is 29.7 Å². The van der Waals surface area contributed by atoms with Gasteiger partial charge in [-0.2, -0.15) is 13.3 Å². The van der Waals surface area contributed by atoms with Crippen molar-refractivity contribution in [3.8, 4) is 23.0 Å². The largest absolute Gasteiger partial charge is 0.493 e. The molecule has 4 aliphatic rings. The standard InChI is InChI=1S/C41H38F2N4O12S2/c1-53-34-16-28-30(44-38(57-58-59-60)32-14-24(20-46(32)40(28)48)22-4-8-26(42)9-5-22)18-36(34)55-12-3-13-56-37-19-31-29(17-35(37)54-2)41(49)47-21-25(23-6-10-27(43)11-7-23)15-33(47)39(45-31)61(50,51)52/h4-11,16-21,32-33,38-39,44-45,60H,3,12-15H2,1-2H3,(H,50,51,52)/t32-,33-,38?,39?/m0/s1. The first-order chi connectivity index (χ1) is 29.4. The number of rotatable bonds is 14. The van der Waals surface area contributed by atoms with E-state index >= 15 is 0 Å². The van der Waals surface area contributed by atoms with Crippen LogP contribution in [0.3, 0.4) is 0 Å². The van der Waals surface area contributed by atoms with Crippen molar-refractivity contribution in [1.82, 2.24) is 9.80 Å². The van der Waals surface area contributed by atoms with Gasteiger partial charge < -0.3 is 39.4 Å². The fourth-order valence-corrected chi connectivity index (χ4v) is 8.73. The number of thiol groups is 1. The topological polar surface area (TPSA) is 184 Å². The van der Waals surface area contributed by atoms with Crippen LogP contribution in [0.4, 0.5) is 20.2 Å². The summed E-state index contributed by atoms with van der Waals surface area (Å²) in [6.07, 6.45) is 2.93. The van der Waals surface area contributed by atoms with Crippen LogP contribution in [0.15, 0.2) is 85.2 Å². The van der Waals surface area contributed by atoms with Crippen LogP contribution in [0.1, 0.15) is 51.1 Å². The molecule has 3 N–H and O–H groups in total. The number of halogens is 2. The summed E-state index contributed by atoms with van der Waals surface area (Å²) >= 11 is 3.59. The average Bonchev–Trinajstić information content (AvgIpc) is 3.85. The van der Waals surface area contributed by atoms with Gasteiger partial charge in [0.25, 0.3) is 21.9 Å². The molecule has 4 atom stereocenters. The number of carbonyl (C=O) groups is 2. The highest BCUT2D eigenvalue weighted by atomic mass is 32.2. The number of anilines is 2. The molecule has 320 valence electrons. The maximum atomic E-state index is 14.0. The molecule has 16 nitrogen and oxygen atoms in total. The highest BCUT2D eigenvalue weighted by Gasteiger charge is 2.46. The normalized spacial score (nSPS) is 20.5. The molecule has 0 fully saturated rings. The summed E-state index contributed by atoms with van der Waals surface area (Å²) in [4.78, 5) is 36.1. The molecular formula is C41H38F2N4O12S2. The van der Waals surface area contributed by atoms with E-state index in [2.05, 4.69) is 27.9 Å². The second kappa shape index (κ2) is 17.2. The Balaban J connectivity index is 0.971. The van der Waals surface area contributed by atoms with Gasteiger partial charge in [0, 0.05) is 43.9 Å². The highest BCUT2D eigenvalue weighted by molar-refractivity contribution is 7.86. The lowest BCUT2D eigenvalue weighted by Crippen LogP contribution is -2.46. The number of carbonyl (C=O) groups excluding carboxylic acids is 2. The van der Waals surface area contributed by atoms with Crippen molar-refractivity contribution in [2.24, 2.45) is 0 Å². The zero-order chi connectivity index (χ0) is 43.0. The Morgan fingerprint density at radius 2 is 1.20 bits per heavy atom. The van der Waals surface area contributed by atoms with Crippen LogP contribution in [0.25, 0.3) is 11.1 Å². The summed E-state index contributed by atoms with van der Waals surface area (Å²) in [5.74, 6) is -0.841. The van der Waals surface area contributed by atoms with Gasteiger partial charge in [-0.25, -0.2) is 8.78 Å². The lowest BCUT2D eigenvalue weighted by molar-refractivity contribution is -0.475. The van der Waals surface area contributed by atoms with Crippen molar-refractivity contribution >= 4 is 57.4 Å². The molecule has 61 heavy (non-hydrogen) atoms. The summed E-state index contributed by atoms with van der Waals surface area (Å²) in [5, 5.41) is 9.11. The van der Waals surface area contributed by atoms with Gasteiger partial charge in [-0.3, -0.25) is 14.1 Å². The first kappa shape index (κ1) is 41.8. The average molecular weight is 881 g/mol. The summed E-state index contributed by atoms with van der Waals surface area (Å²) in [7, 11) is -1.94. The third kappa shape index (κ3) is 8.42. The zero-order valence-corrected chi connectivity index (χ0v) is 34.1. The molecule has 0 aliphatic carbocycles. The van der Waals surface area contributed by atoms with Crippen LogP contribution in [-0.4, -0.2) is 85.7 Å². The van der Waals surface area contributed by atoms with Crippen molar-refractivity contribution in [1.29, 1.82) is 0 Å². The quantitative estimate of drug-likeness (QED) is 0.0271. The van der Waals surface area contributed by atoms with Crippen LogP contribution in [0, 0.1) is 11.6 Å². The Morgan fingerprint density at radius 3 is 1.67 bits per heavy atom. The van der Waals surface area contributed by atoms with Gasteiger partial charge in [-0.15, -0.1) is 4.33 Å². The first-order valence-electron chi connectivity index (χ1n) is 18.8. The minimum atomic E-state index is -4.76. The van der Waals surface area contributed by atoms with Gasteiger partial charge in [0.15, 0.2) is 34.6 Å². The van der Waals surface area contributed by atoms with Crippen molar-refractivity contribution in [3.05, 3.63) is 119 Å². The first-order valence-corrected chi connectivity index (χ1v) is 20.6. The van der Waals surface area contributed by atoms with Crippen LogP contribution < -0.4 is 29.6 Å². The van der Waals surface area contributed by atoms with E-state index in [-0.39, 0.29) is 71.2 Å². The summed E-state index contributed by atoms with van der Waals surface area (Å²) in [5.41, 5.74) is 3.44. The number of fused-ring (bicyclic) bond motifs is 4. The third-order valence-electron chi connectivity index (χ3n) is 10.7. The molecule has 0 aromatic heterocycles. The van der Waals surface area contributed by atoms with E-state index in [0.717, 1.165) is 11.1 Å². The van der Waals surface area contributed by atoms with Gasteiger partial charge in [-0.1, -0.05) is 29.3 Å². The van der Waals surface area contributed by atoms with Gasteiger partial charge >= 0.3 is 0 Å². The smallest absolute Gasteiger partial charge is 0.288 e. The van der Waals surface area contributed by atoms with Crippen LogP contribution in [0.5, 0.6) is 23.0 Å². The summed E-state index contributed by atoms with van der Waals surface area (Å²) in [6.45, 7) is 0.177. The van der Waals surface area contributed by atoms with Gasteiger partial charge in [0.05, 0.1) is 62.0 Å². The van der Waals surface area contributed by atoms with Crippen LogP contribution >= 0.6 is 12.9 Å². The molecule has 2 amide bonds. The van der Waals surface area contributed by atoms with E-state index in [4.69, 9.17) is 28.9 Å². The molecule has 2 unspecified atom stereocenters. The fourth-order valence-electron chi connectivity index (χ4n) is 7.80. The van der Waals surface area contributed by atoms with Gasteiger partial charge in [-0.05, 0) is 71.5 Å². The molecule has 4 aliphatic heterocycles. The lowest BCUT2D eigenvalue weighted by Gasteiger charge is -2.26. The van der Waals surface area contributed by atoms with Crippen molar-refractivity contribution < 1.29 is 64.5 Å². The monoisotopic (exact) mass is 880 g/mol. The number of hydrogen-bond acceptors (Lipinski definition) is 14. The maximum Gasteiger partial charge on any atom is 0.288 e. The molecule has 8 rings (SSSR count). The lowest BCUT2D eigenvalue weighted by atomic mass is 10.0. The molecule has 0 bridgehead atoms. The minimum absolute atomic E-state index is 0.0640. The number of nitrogens with one attached hydrogen (secondary N) is 2. The minimum Gasteiger partial charge on any atom is -0.493 e. The second-order valence-electron chi connectivity index (χ2n) is 14.3. The van der Waals surface area contributed by atoms with E-state index in [9.17, 15) is 31.3 Å². The van der Waals surface area contributed by atoms with Gasteiger partial charge in [0.2, 0.25) is 0 Å². The SMILES string of the molecule is COc1cc2c(cc1OCCCOc1cc3c(cc1OC)C(=O)N1C=C(c4ccc(F)cc4)C[C@H]1C(S(=O)(=O)O)N3)NC(OOOS)[C@@H]1CC(c3ccc(F)cc3)=CN1C2=O. The summed E-state index contributed by atoms with van der Waals surface area (Å²) < 4.78 is 90.7. The number of methoxy groups -OCH3 is 2. The van der Waals surface area contributed by atoms with Crippen molar-refractivity contribution in [2.45, 2.75) is 42.9 Å². The number of nitrogens with zero attached hydrogens (tertiary/aromatic N) is 2. The fraction of sp³-hybridized carbons (Fsp3) is 0.268. The van der Waals surface area contributed by atoms with E-state index in [1.54, 1.807) is 24.4 Å². The van der Waals surface area contributed by atoms with Crippen molar-refractivity contribution in [2.75, 3.05) is 38.1 Å². The Morgan fingerprint density at radius 1 is 0.721 bits per heavy atom. The van der Waals surface area contributed by atoms with Crippen LogP contribution in [-0.2, 0) is 24.4 Å². The van der Waals surface area contributed by atoms with Crippen molar-refractivity contribution in [3.63, 3.8) is 0 Å². The highest BCUT2D eigenvalue weighted by Crippen LogP contribution is 2.43. The number of hydrogen-bond donors (Lipinski definition) is 4. The predicted octanol–water partition coefficient (Wildman–Crippen LogP) is 6.46. The molecule has 0 saturated carbocycles. The number of benzene rings is 4. The Bertz CT molecular complexity index is 2530. The predicted molar refractivity (Wildman–Crippen MR) is 218 cm³/mol. The summed E-state index contributed by atoms with van der Waals surface area (Å²) in [6, 6.07) is 15.9. The molecule has 20 heteroatoms. The number of amides is 2. The Hall–Kier alpha value is -5.90. The van der Waals surface area contributed by atoms with E-state index in [1.807, 2.05) is 0 Å². The molecule has 0 saturated heterocycles. The zero-order valence-electron chi connectivity index (χ0n) is 32.4. The Kier molecular flexibility index (Phi) is 11.8. The molecule has 4 aromatic carbocycles. The van der Waals surface area contributed by atoms with Gasteiger partial charge in [0.1, 0.15) is 11.6 Å². The maximum absolute atomic E-state index is 14.0. The molecule has 4 aromatic rings. The van der Waals surface area contributed by atoms with E-state index in [1.165, 1.54) is 84.8 Å². The molecule has 0 radical (unpaired) electrons. The van der Waals surface area contributed by atoms with E-state index < -0.39 is 45.5 Å². The Labute approximate surface area is 353 Å². The molecule has 0 spiro atoms. The van der Waals surface area contributed by atoms with Crippen LogP contribution in [0.2, 0.25) is 0 Å².